The molecule has 0 fully saturated rings. The molecule has 0 aliphatic carbocycles. The second-order valence-corrected chi connectivity index (χ2v) is 5.63. The molecule has 0 amide bonds. The van der Waals surface area contributed by atoms with Crippen molar-refractivity contribution in [2.24, 2.45) is 0 Å². The molecule has 0 radical (unpaired) electrons. The summed E-state index contributed by atoms with van der Waals surface area (Å²) in [5, 5.41) is 29.9. The Morgan fingerprint density at radius 2 is 2.00 bits per heavy atom. The first-order chi connectivity index (χ1) is 9.20. The number of phenols is 1. The van der Waals surface area contributed by atoms with Gasteiger partial charge >= 0.3 is 0 Å². The van der Waals surface area contributed by atoms with E-state index in [9.17, 15) is 15.3 Å². The summed E-state index contributed by atoms with van der Waals surface area (Å²) >= 11 is 0. The summed E-state index contributed by atoms with van der Waals surface area (Å²) in [6, 6.07) is 3.37. The number of aromatic hydroxyl groups is 1. The van der Waals surface area contributed by atoms with Gasteiger partial charge in [0, 0.05) is 11.5 Å². The Morgan fingerprint density at radius 1 is 1.40 bits per heavy atom. The molecule has 20 heavy (non-hydrogen) atoms. The van der Waals surface area contributed by atoms with Crippen LogP contribution in [0.1, 0.15) is 37.3 Å². The molecule has 0 aliphatic heterocycles. The van der Waals surface area contributed by atoms with E-state index < -0.39 is 11.7 Å². The van der Waals surface area contributed by atoms with Gasteiger partial charge in [-0.05, 0) is 44.9 Å². The molecule has 4 heteroatoms. The van der Waals surface area contributed by atoms with Crippen molar-refractivity contribution < 1.29 is 20.1 Å². The fraction of sp³-hybridized carbons (Fsp3) is 0.500. The monoisotopic (exact) mass is 280 g/mol. The summed E-state index contributed by atoms with van der Waals surface area (Å²) in [7, 11) is 1.57. The van der Waals surface area contributed by atoms with Crippen molar-refractivity contribution in [1.82, 2.24) is 0 Å². The van der Waals surface area contributed by atoms with Crippen LogP contribution in [0.5, 0.6) is 11.5 Å². The van der Waals surface area contributed by atoms with Crippen LogP contribution in [0.4, 0.5) is 0 Å². The van der Waals surface area contributed by atoms with Crippen LogP contribution in [0, 0.1) is 6.92 Å². The first-order valence-electron chi connectivity index (χ1n) is 6.61. The SMILES string of the molecule is C=C[C@@H](C[C@H](O)C(C)(C)O)c1cc(OC)c(C)cc1O. The molecule has 1 aromatic rings. The molecule has 1 aromatic carbocycles. The van der Waals surface area contributed by atoms with Gasteiger partial charge in [-0.15, -0.1) is 6.58 Å². The van der Waals surface area contributed by atoms with E-state index in [1.54, 1.807) is 39.2 Å². The van der Waals surface area contributed by atoms with Gasteiger partial charge in [-0.25, -0.2) is 0 Å². The molecular weight excluding hydrogens is 256 g/mol. The average molecular weight is 280 g/mol. The highest BCUT2D eigenvalue weighted by Crippen LogP contribution is 2.36. The van der Waals surface area contributed by atoms with Crippen molar-refractivity contribution in [2.45, 2.75) is 44.8 Å². The highest BCUT2D eigenvalue weighted by Gasteiger charge is 2.28. The maximum Gasteiger partial charge on any atom is 0.122 e. The van der Waals surface area contributed by atoms with Crippen molar-refractivity contribution >= 4 is 0 Å². The molecule has 1 rings (SSSR count). The van der Waals surface area contributed by atoms with Crippen LogP contribution >= 0.6 is 0 Å². The zero-order valence-electron chi connectivity index (χ0n) is 12.6. The largest absolute Gasteiger partial charge is 0.508 e. The van der Waals surface area contributed by atoms with Crippen molar-refractivity contribution in [1.29, 1.82) is 0 Å². The summed E-state index contributed by atoms with van der Waals surface area (Å²) in [5.74, 6) is 0.532. The van der Waals surface area contributed by atoms with Crippen molar-refractivity contribution in [3.05, 3.63) is 35.9 Å². The van der Waals surface area contributed by atoms with Crippen LogP contribution in [0.25, 0.3) is 0 Å². The van der Waals surface area contributed by atoms with E-state index in [0.717, 1.165) is 5.56 Å². The Balaban J connectivity index is 3.10. The van der Waals surface area contributed by atoms with Gasteiger partial charge in [0.15, 0.2) is 0 Å². The number of allylic oxidation sites excluding steroid dienone is 1. The van der Waals surface area contributed by atoms with Gasteiger partial charge in [0.2, 0.25) is 0 Å². The molecule has 0 bridgehead atoms. The summed E-state index contributed by atoms with van der Waals surface area (Å²) in [5.41, 5.74) is 0.261. The Hall–Kier alpha value is -1.52. The molecule has 0 spiro atoms. The zero-order chi connectivity index (χ0) is 15.5. The lowest BCUT2D eigenvalue weighted by Crippen LogP contribution is -2.36. The average Bonchev–Trinajstić information content (AvgIpc) is 2.35. The number of aryl methyl sites for hydroxylation is 1. The number of benzene rings is 1. The second-order valence-electron chi connectivity index (χ2n) is 5.63. The first-order valence-corrected chi connectivity index (χ1v) is 6.61. The Bertz CT molecular complexity index is 474. The Kier molecular flexibility index (Phi) is 5.20. The van der Waals surface area contributed by atoms with Crippen LogP contribution in [-0.2, 0) is 0 Å². The van der Waals surface area contributed by atoms with Crippen LogP contribution in [0.15, 0.2) is 24.8 Å². The Morgan fingerprint density at radius 3 is 2.45 bits per heavy atom. The molecule has 0 aliphatic rings. The molecule has 3 N–H and O–H groups in total. The smallest absolute Gasteiger partial charge is 0.122 e. The van der Waals surface area contributed by atoms with Gasteiger partial charge < -0.3 is 20.1 Å². The summed E-state index contributed by atoms with van der Waals surface area (Å²) < 4.78 is 5.25. The van der Waals surface area contributed by atoms with E-state index in [0.29, 0.717) is 11.3 Å². The number of aliphatic hydroxyl groups is 2. The van der Waals surface area contributed by atoms with Crippen molar-refractivity contribution in [3.8, 4) is 11.5 Å². The lowest BCUT2D eigenvalue weighted by atomic mass is 9.86. The number of rotatable bonds is 6. The zero-order valence-corrected chi connectivity index (χ0v) is 12.6. The maximum atomic E-state index is 10.1. The van der Waals surface area contributed by atoms with E-state index in [4.69, 9.17) is 4.74 Å². The second kappa shape index (κ2) is 6.29. The first kappa shape index (κ1) is 16.5. The summed E-state index contributed by atoms with van der Waals surface area (Å²) in [6.07, 6.45) is 1.00. The number of hydrogen-bond donors (Lipinski definition) is 3. The van der Waals surface area contributed by atoms with Gasteiger partial charge in [-0.1, -0.05) is 6.08 Å². The standard InChI is InChI=1S/C16H24O4/c1-6-11(8-15(18)16(3,4)19)12-9-14(20-5)10(2)7-13(12)17/h6-7,9,11,15,17-19H,1,8H2,2-5H3/t11-,15-/m0/s1. The highest BCUT2D eigenvalue weighted by molar-refractivity contribution is 5.47. The van der Waals surface area contributed by atoms with Gasteiger partial charge in [-0.3, -0.25) is 0 Å². The number of methoxy groups -OCH3 is 1. The molecule has 0 saturated heterocycles. The summed E-state index contributed by atoms with van der Waals surface area (Å²) in [4.78, 5) is 0. The minimum atomic E-state index is -1.20. The third-order valence-electron chi connectivity index (χ3n) is 3.52. The van der Waals surface area contributed by atoms with Crippen LogP contribution in [0.3, 0.4) is 0 Å². The van der Waals surface area contributed by atoms with Crippen molar-refractivity contribution in [3.63, 3.8) is 0 Å². The van der Waals surface area contributed by atoms with E-state index in [1.807, 2.05) is 6.92 Å². The van der Waals surface area contributed by atoms with Gasteiger partial charge in [-0.2, -0.15) is 0 Å². The summed E-state index contributed by atoms with van der Waals surface area (Å²) in [6.45, 7) is 8.69. The van der Waals surface area contributed by atoms with Crippen LogP contribution in [0.2, 0.25) is 0 Å². The Labute approximate surface area is 120 Å². The van der Waals surface area contributed by atoms with Crippen LogP contribution < -0.4 is 4.74 Å². The van der Waals surface area contributed by atoms with E-state index in [-0.39, 0.29) is 18.1 Å². The lowest BCUT2D eigenvalue weighted by molar-refractivity contribution is -0.0527. The molecular formula is C16H24O4. The number of phenolic OH excluding ortho intramolecular Hbond substituents is 1. The topological polar surface area (TPSA) is 69.9 Å². The third-order valence-corrected chi connectivity index (χ3v) is 3.52. The quantitative estimate of drug-likeness (QED) is 0.700. The maximum absolute atomic E-state index is 10.1. The fourth-order valence-corrected chi connectivity index (χ4v) is 2.08. The van der Waals surface area contributed by atoms with Crippen LogP contribution in [-0.4, -0.2) is 34.1 Å². The molecule has 2 atom stereocenters. The van der Waals surface area contributed by atoms with E-state index in [1.165, 1.54) is 0 Å². The van der Waals surface area contributed by atoms with Gasteiger partial charge in [0.1, 0.15) is 11.5 Å². The molecule has 0 unspecified atom stereocenters. The molecule has 0 aromatic heterocycles. The fourth-order valence-electron chi connectivity index (χ4n) is 2.08. The van der Waals surface area contributed by atoms with E-state index in [2.05, 4.69) is 6.58 Å². The minimum Gasteiger partial charge on any atom is -0.508 e. The number of ether oxygens (including phenoxy) is 1. The predicted molar refractivity (Wildman–Crippen MR) is 79.3 cm³/mol. The van der Waals surface area contributed by atoms with Gasteiger partial charge in [0.25, 0.3) is 0 Å². The lowest BCUT2D eigenvalue weighted by Gasteiger charge is -2.27. The normalized spacial score (nSPS) is 14.7. The van der Waals surface area contributed by atoms with Crippen molar-refractivity contribution in [2.75, 3.05) is 7.11 Å². The molecule has 4 nitrogen and oxygen atoms in total. The van der Waals surface area contributed by atoms with Gasteiger partial charge in [0.05, 0.1) is 18.8 Å². The molecule has 0 saturated carbocycles. The molecule has 112 valence electrons. The molecule has 0 heterocycles. The van der Waals surface area contributed by atoms with E-state index >= 15 is 0 Å². The number of hydrogen-bond acceptors (Lipinski definition) is 4. The number of aliphatic hydroxyl groups excluding tert-OH is 1. The highest BCUT2D eigenvalue weighted by atomic mass is 16.5. The third kappa shape index (κ3) is 3.74. The minimum absolute atomic E-state index is 0.135. The predicted octanol–water partition coefficient (Wildman–Crippen LogP) is 2.50.